The smallest absolute Gasteiger partial charge is 0.259 e. The third-order valence-electron chi connectivity index (χ3n) is 7.07. The normalized spacial score (nSPS) is 20.6. The van der Waals surface area contributed by atoms with Crippen molar-refractivity contribution in [3.8, 4) is 11.5 Å². The van der Waals surface area contributed by atoms with Crippen molar-refractivity contribution < 1.29 is 19.1 Å². The van der Waals surface area contributed by atoms with Gasteiger partial charge in [-0.2, -0.15) is 0 Å². The number of Topliss-reactive ketones (excluding diaryl/α,β-unsaturated/α-hetero) is 1. The molecule has 0 radical (unpaired) electrons. The average Bonchev–Trinajstić information content (AvgIpc) is 3.06. The van der Waals surface area contributed by atoms with Crippen LogP contribution in [-0.4, -0.2) is 25.9 Å². The number of methoxy groups -OCH3 is 2. The van der Waals surface area contributed by atoms with Crippen LogP contribution < -0.4 is 19.7 Å². The third kappa shape index (κ3) is 2.95. The molecular formula is C28H24N2O4. The number of hydrogen-bond acceptors (Lipinski definition) is 5. The van der Waals surface area contributed by atoms with Crippen molar-refractivity contribution in [1.29, 1.82) is 0 Å². The summed E-state index contributed by atoms with van der Waals surface area (Å²) in [6.45, 7) is 0. The predicted octanol–water partition coefficient (Wildman–Crippen LogP) is 5.23. The summed E-state index contributed by atoms with van der Waals surface area (Å²) < 4.78 is 10.9. The molecular weight excluding hydrogens is 428 g/mol. The Hall–Kier alpha value is -4.06. The van der Waals surface area contributed by atoms with Gasteiger partial charge in [0, 0.05) is 23.3 Å². The van der Waals surface area contributed by atoms with Crippen LogP contribution in [0.1, 0.15) is 46.3 Å². The van der Waals surface area contributed by atoms with E-state index in [1.807, 2.05) is 66.7 Å². The SMILES string of the molecule is COc1ccc([C@H]2CC(=O)C3=C(C2)Nc2ccccc2N2C(=O)c4ccccc4[C@@H]32)cc1OC. The van der Waals surface area contributed by atoms with Crippen LogP contribution in [0, 0.1) is 0 Å². The van der Waals surface area contributed by atoms with Crippen molar-refractivity contribution in [2.45, 2.75) is 24.8 Å². The van der Waals surface area contributed by atoms with E-state index in [0.717, 1.165) is 28.2 Å². The summed E-state index contributed by atoms with van der Waals surface area (Å²) in [6, 6.07) is 20.8. The Labute approximate surface area is 197 Å². The summed E-state index contributed by atoms with van der Waals surface area (Å²) in [7, 11) is 3.22. The highest BCUT2D eigenvalue weighted by molar-refractivity contribution is 6.16. The second-order valence-electron chi connectivity index (χ2n) is 8.84. The lowest BCUT2D eigenvalue weighted by atomic mass is 9.78. The largest absolute Gasteiger partial charge is 0.493 e. The Balaban J connectivity index is 1.49. The summed E-state index contributed by atoms with van der Waals surface area (Å²) in [5.41, 5.74) is 5.75. The van der Waals surface area contributed by atoms with Gasteiger partial charge < -0.3 is 14.8 Å². The number of benzene rings is 3. The van der Waals surface area contributed by atoms with Gasteiger partial charge >= 0.3 is 0 Å². The third-order valence-corrected chi connectivity index (χ3v) is 7.07. The summed E-state index contributed by atoms with van der Waals surface area (Å²) >= 11 is 0. The minimum absolute atomic E-state index is 0.00961. The fourth-order valence-corrected chi connectivity index (χ4v) is 5.51. The molecule has 6 rings (SSSR count). The lowest BCUT2D eigenvalue weighted by Crippen LogP contribution is -2.32. The maximum absolute atomic E-state index is 13.8. The lowest BCUT2D eigenvalue weighted by molar-refractivity contribution is -0.116. The Morgan fingerprint density at radius 3 is 2.47 bits per heavy atom. The molecule has 170 valence electrons. The molecule has 1 aliphatic carbocycles. The van der Waals surface area contributed by atoms with Gasteiger partial charge in [-0.15, -0.1) is 0 Å². The van der Waals surface area contributed by atoms with E-state index >= 15 is 0 Å². The first-order chi connectivity index (χ1) is 16.6. The van der Waals surface area contributed by atoms with E-state index < -0.39 is 6.04 Å². The molecule has 1 N–H and O–H groups in total. The highest BCUT2D eigenvalue weighted by atomic mass is 16.5. The van der Waals surface area contributed by atoms with Crippen molar-refractivity contribution in [2.75, 3.05) is 24.4 Å². The molecule has 3 aromatic rings. The van der Waals surface area contributed by atoms with Gasteiger partial charge in [0.15, 0.2) is 17.3 Å². The lowest BCUT2D eigenvalue weighted by Gasteiger charge is -2.31. The molecule has 0 spiro atoms. The van der Waals surface area contributed by atoms with E-state index in [9.17, 15) is 9.59 Å². The number of carbonyl (C=O) groups excluding carboxylic acids is 2. The summed E-state index contributed by atoms with van der Waals surface area (Å²) in [5, 5.41) is 3.53. The van der Waals surface area contributed by atoms with Crippen LogP contribution in [0.5, 0.6) is 11.5 Å². The molecule has 0 saturated heterocycles. The minimum Gasteiger partial charge on any atom is -0.493 e. The predicted molar refractivity (Wildman–Crippen MR) is 130 cm³/mol. The topological polar surface area (TPSA) is 67.9 Å². The van der Waals surface area contributed by atoms with E-state index in [1.165, 1.54) is 0 Å². The monoisotopic (exact) mass is 452 g/mol. The molecule has 3 aromatic carbocycles. The first-order valence-electron chi connectivity index (χ1n) is 11.4. The number of nitrogens with one attached hydrogen (secondary N) is 1. The zero-order chi connectivity index (χ0) is 23.4. The molecule has 0 unspecified atom stereocenters. The van der Waals surface area contributed by atoms with Gasteiger partial charge in [0.1, 0.15) is 0 Å². The first-order valence-corrected chi connectivity index (χ1v) is 11.4. The highest BCUT2D eigenvalue weighted by Crippen LogP contribution is 2.51. The number of allylic oxidation sites excluding steroid dienone is 1. The summed E-state index contributed by atoms with van der Waals surface area (Å²) in [4.78, 5) is 29.0. The molecule has 3 aliphatic rings. The Morgan fingerprint density at radius 1 is 0.882 bits per heavy atom. The van der Waals surface area contributed by atoms with Crippen LogP contribution in [0.25, 0.3) is 0 Å². The Morgan fingerprint density at radius 2 is 1.65 bits per heavy atom. The molecule has 2 aliphatic heterocycles. The van der Waals surface area contributed by atoms with Crippen molar-refractivity contribution >= 4 is 23.1 Å². The fraction of sp³-hybridized carbons (Fsp3) is 0.214. The van der Waals surface area contributed by atoms with Crippen LogP contribution in [0.3, 0.4) is 0 Å². The molecule has 0 aromatic heterocycles. The molecule has 0 fully saturated rings. The standard InChI is InChI=1S/C28H24N2O4/c1-33-24-12-11-16(15-25(24)34-2)17-13-21-26(23(31)14-17)27-18-7-3-4-8-19(18)28(32)30(27)22-10-6-5-9-20(22)29-21/h3-12,15,17,27,29H,13-14H2,1-2H3/t17-,27+/m1/s1. The van der Waals surface area contributed by atoms with Gasteiger partial charge in [0.05, 0.1) is 31.6 Å². The summed E-state index contributed by atoms with van der Waals surface area (Å²) in [5.74, 6) is 1.28. The Kier molecular flexibility index (Phi) is 4.69. The molecule has 1 amide bonds. The van der Waals surface area contributed by atoms with Crippen LogP contribution in [0.2, 0.25) is 0 Å². The van der Waals surface area contributed by atoms with E-state index in [2.05, 4.69) is 5.32 Å². The van der Waals surface area contributed by atoms with Gasteiger partial charge in [-0.25, -0.2) is 0 Å². The van der Waals surface area contributed by atoms with Gasteiger partial charge in [-0.05, 0) is 53.8 Å². The maximum Gasteiger partial charge on any atom is 0.259 e. The number of anilines is 2. The van der Waals surface area contributed by atoms with E-state index in [4.69, 9.17) is 9.47 Å². The fourth-order valence-electron chi connectivity index (χ4n) is 5.51. The average molecular weight is 453 g/mol. The molecule has 2 atom stereocenters. The van der Waals surface area contributed by atoms with Crippen molar-refractivity contribution in [3.63, 3.8) is 0 Å². The molecule has 0 saturated carbocycles. The van der Waals surface area contributed by atoms with Crippen LogP contribution in [0.4, 0.5) is 11.4 Å². The molecule has 6 heteroatoms. The van der Waals surface area contributed by atoms with Crippen LogP contribution in [-0.2, 0) is 4.79 Å². The van der Waals surface area contributed by atoms with Crippen molar-refractivity contribution in [1.82, 2.24) is 0 Å². The number of ketones is 1. The molecule has 6 nitrogen and oxygen atoms in total. The number of hydrogen-bond donors (Lipinski definition) is 1. The van der Waals surface area contributed by atoms with Crippen LogP contribution >= 0.6 is 0 Å². The number of fused-ring (bicyclic) bond motifs is 6. The number of nitrogens with zero attached hydrogens (tertiary/aromatic N) is 1. The number of ether oxygens (including phenoxy) is 2. The molecule has 34 heavy (non-hydrogen) atoms. The quantitative estimate of drug-likeness (QED) is 0.589. The second kappa shape index (κ2) is 7.76. The zero-order valence-electron chi connectivity index (χ0n) is 19.0. The molecule has 2 heterocycles. The van der Waals surface area contributed by atoms with E-state index in [0.29, 0.717) is 35.5 Å². The van der Waals surface area contributed by atoms with Crippen molar-refractivity contribution in [3.05, 3.63) is 94.7 Å². The summed E-state index contributed by atoms with van der Waals surface area (Å²) in [6.07, 6.45) is 1.03. The van der Waals surface area contributed by atoms with Crippen molar-refractivity contribution in [2.24, 2.45) is 0 Å². The minimum atomic E-state index is -0.422. The van der Waals surface area contributed by atoms with Gasteiger partial charge in [0.25, 0.3) is 5.91 Å². The zero-order valence-corrected chi connectivity index (χ0v) is 19.0. The highest BCUT2D eigenvalue weighted by Gasteiger charge is 2.46. The number of para-hydroxylation sites is 2. The van der Waals surface area contributed by atoms with Crippen LogP contribution in [0.15, 0.2) is 78.0 Å². The first kappa shape index (κ1) is 20.5. The maximum atomic E-state index is 13.8. The Bertz CT molecular complexity index is 1380. The van der Waals surface area contributed by atoms with Gasteiger partial charge in [0.2, 0.25) is 0 Å². The second-order valence-corrected chi connectivity index (χ2v) is 8.84. The van der Waals surface area contributed by atoms with E-state index in [-0.39, 0.29) is 17.6 Å². The number of carbonyl (C=O) groups is 2. The number of amides is 1. The van der Waals surface area contributed by atoms with E-state index in [1.54, 1.807) is 19.1 Å². The number of rotatable bonds is 3. The van der Waals surface area contributed by atoms with Gasteiger partial charge in [-0.1, -0.05) is 36.4 Å². The molecule has 0 bridgehead atoms. The van der Waals surface area contributed by atoms with Gasteiger partial charge in [-0.3, -0.25) is 14.5 Å².